The predicted molar refractivity (Wildman–Crippen MR) is 59.5 cm³/mol. The van der Waals surface area contributed by atoms with Gasteiger partial charge in [0, 0.05) is 4.90 Å². The van der Waals surface area contributed by atoms with E-state index in [0.29, 0.717) is 9.92 Å². The highest BCUT2D eigenvalue weighted by atomic mass is 32.2. The van der Waals surface area contributed by atoms with E-state index in [1.165, 1.54) is 12.3 Å². The molecule has 6 heteroatoms. The van der Waals surface area contributed by atoms with Crippen LogP contribution in [0, 0.1) is 5.82 Å². The Morgan fingerprint density at radius 2 is 2.00 bits per heavy atom. The Morgan fingerprint density at radius 1 is 1.24 bits per heavy atom. The summed E-state index contributed by atoms with van der Waals surface area (Å²) in [4.78, 5) is 18.6. The third kappa shape index (κ3) is 2.79. The molecule has 0 aliphatic rings. The van der Waals surface area contributed by atoms with E-state index in [2.05, 4.69) is 9.97 Å². The number of nitrogens with zero attached hydrogens (tertiary/aromatic N) is 2. The zero-order chi connectivity index (χ0) is 12.3. The highest BCUT2D eigenvalue weighted by molar-refractivity contribution is 7.99. The van der Waals surface area contributed by atoms with Crippen LogP contribution in [0.3, 0.4) is 0 Å². The molecule has 17 heavy (non-hydrogen) atoms. The van der Waals surface area contributed by atoms with Crippen LogP contribution in [0.15, 0.2) is 46.6 Å². The van der Waals surface area contributed by atoms with Gasteiger partial charge < -0.3 is 5.11 Å². The van der Waals surface area contributed by atoms with Crippen molar-refractivity contribution >= 4 is 17.7 Å². The van der Waals surface area contributed by atoms with Crippen LogP contribution in [0.25, 0.3) is 0 Å². The minimum Gasteiger partial charge on any atom is -0.476 e. The fraction of sp³-hybridized carbons (Fsp3) is 0. The van der Waals surface area contributed by atoms with Crippen molar-refractivity contribution in [2.24, 2.45) is 0 Å². The number of halogens is 1. The molecule has 1 N–H and O–H groups in total. The lowest BCUT2D eigenvalue weighted by molar-refractivity contribution is 0.0689. The zero-order valence-corrected chi connectivity index (χ0v) is 9.32. The fourth-order valence-corrected chi connectivity index (χ4v) is 1.87. The summed E-state index contributed by atoms with van der Waals surface area (Å²) in [6, 6.07) is 6.28. The summed E-state index contributed by atoms with van der Waals surface area (Å²) in [5.41, 5.74) is -0.136. The van der Waals surface area contributed by atoms with Gasteiger partial charge >= 0.3 is 5.97 Å². The van der Waals surface area contributed by atoms with E-state index in [0.717, 1.165) is 18.0 Å². The first-order chi connectivity index (χ1) is 8.16. The lowest BCUT2D eigenvalue weighted by Crippen LogP contribution is -2.00. The second-order valence-electron chi connectivity index (χ2n) is 3.08. The molecular weight excluding hydrogens is 243 g/mol. The van der Waals surface area contributed by atoms with Crippen LogP contribution in [0.1, 0.15) is 10.5 Å². The fourth-order valence-electron chi connectivity index (χ4n) is 1.12. The van der Waals surface area contributed by atoms with Gasteiger partial charge in [0.1, 0.15) is 10.8 Å². The van der Waals surface area contributed by atoms with Gasteiger partial charge in [-0.3, -0.25) is 0 Å². The molecule has 0 aliphatic carbocycles. The van der Waals surface area contributed by atoms with Crippen molar-refractivity contribution in [1.82, 2.24) is 9.97 Å². The molecule has 0 saturated carbocycles. The molecule has 1 aromatic heterocycles. The number of rotatable bonds is 3. The predicted octanol–water partition coefficient (Wildman–Crippen LogP) is 2.47. The monoisotopic (exact) mass is 250 g/mol. The maximum atomic E-state index is 13.3. The van der Waals surface area contributed by atoms with Crippen molar-refractivity contribution < 1.29 is 14.3 Å². The molecule has 1 aromatic carbocycles. The van der Waals surface area contributed by atoms with Crippen LogP contribution >= 0.6 is 11.8 Å². The minimum atomic E-state index is -1.14. The molecule has 4 nitrogen and oxygen atoms in total. The number of carboxylic acids is 1. The van der Waals surface area contributed by atoms with Gasteiger partial charge in [0.05, 0.1) is 12.4 Å². The second kappa shape index (κ2) is 4.92. The topological polar surface area (TPSA) is 63.1 Å². The highest BCUT2D eigenvalue weighted by Crippen LogP contribution is 2.27. The number of carboxylic acid groups (broad SMARTS) is 1. The lowest BCUT2D eigenvalue weighted by atomic mass is 10.3. The summed E-state index contributed by atoms with van der Waals surface area (Å²) in [7, 11) is 0. The van der Waals surface area contributed by atoms with Gasteiger partial charge in [-0.05, 0) is 12.1 Å². The van der Waals surface area contributed by atoms with Crippen LogP contribution < -0.4 is 0 Å². The number of aromatic nitrogens is 2. The lowest BCUT2D eigenvalue weighted by Gasteiger charge is -2.01. The zero-order valence-electron chi connectivity index (χ0n) is 8.50. The SMILES string of the molecule is O=C(O)c1cnc(Sc2ccccc2F)cn1. The van der Waals surface area contributed by atoms with E-state index >= 15 is 0 Å². The first kappa shape index (κ1) is 11.5. The first-order valence-corrected chi connectivity index (χ1v) is 5.46. The van der Waals surface area contributed by atoms with Gasteiger partial charge in [-0.1, -0.05) is 23.9 Å². The van der Waals surface area contributed by atoms with Crippen LogP contribution in [0.5, 0.6) is 0 Å². The average Bonchev–Trinajstić information content (AvgIpc) is 2.33. The summed E-state index contributed by atoms with van der Waals surface area (Å²) in [5, 5.41) is 9.08. The number of benzene rings is 1. The molecule has 1 heterocycles. The van der Waals surface area contributed by atoms with Gasteiger partial charge in [-0.25, -0.2) is 19.2 Å². The Bertz CT molecular complexity index is 545. The Morgan fingerprint density at radius 3 is 2.59 bits per heavy atom. The molecule has 0 radical (unpaired) electrons. The van der Waals surface area contributed by atoms with Crippen LogP contribution in [-0.4, -0.2) is 21.0 Å². The summed E-state index contributed by atoms with van der Waals surface area (Å²) in [6.07, 6.45) is 2.45. The number of carbonyl (C=O) groups is 1. The smallest absolute Gasteiger partial charge is 0.356 e. The summed E-state index contributed by atoms with van der Waals surface area (Å²) >= 11 is 1.09. The normalized spacial score (nSPS) is 10.2. The van der Waals surface area contributed by atoms with E-state index in [9.17, 15) is 9.18 Å². The molecule has 2 rings (SSSR count). The van der Waals surface area contributed by atoms with Crippen molar-refractivity contribution in [1.29, 1.82) is 0 Å². The quantitative estimate of drug-likeness (QED) is 0.906. The van der Waals surface area contributed by atoms with E-state index in [4.69, 9.17) is 5.11 Å². The minimum absolute atomic E-state index is 0.136. The Kier molecular flexibility index (Phi) is 3.34. The van der Waals surface area contributed by atoms with Crippen molar-refractivity contribution in [2.45, 2.75) is 9.92 Å². The summed E-state index contributed by atoms with van der Waals surface area (Å²) < 4.78 is 13.3. The van der Waals surface area contributed by atoms with Gasteiger partial charge in [-0.15, -0.1) is 0 Å². The largest absolute Gasteiger partial charge is 0.476 e. The number of hydrogen-bond donors (Lipinski definition) is 1. The molecule has 0 aliphatic heterocycles. The molecule has 2 aromatic rings. The van der Waals surface area contributed by atoms with Gasteiger partial charge in [-0.2, -0.15) is 0 Å². The van der Waals surface area contributed by atoms with Crippen molar-refractivity contribution in [3.63, 3.8) is 0 Å². The molecule has 0 saturated heterocycles. The van der Waals surface area contributed by atoms with Gasteiger partial charge in [0.15, 0.2) is 5.69 Å². The number of hydrogen-bond acceptors (Lipinski definition) is 4. The Hall–Kier alpha value is -1.95. The van der Waals surface area contributed by atoms with E-state index in [1.807, 2.05) is 0 Å². The molecule has 0 bridgehead atoms. The first-order valence-electron chi connectivity index (χ1n) is 4.64. The molecular formula is C11H7FN2O2S. The molecule has 0 amide bonds. The number of aromatic carboxylic acids is 1. The van der Waals surface area contributed by atoms with Gasteiger partial charge in [0.2, 0.25) is 0 Å². The second-order valence-corrected chi connectivity index (χ2v) is 4.14. The average molecular weight is 250 g/mol. The maximum absolute atomic E-state index is 13.3. The van der Waals surface area contributed by atoms with Crippen LogP contribution in [0.2, 0.25) is 0 Å². The Balaban J connectivity index is 2.20. The van der Waals surface area contributed by atoms with E-state index in [-0.39, 0.29) is 11.5 Å². The van der Waals surface area contributed by atoms with E-state index < -0.39 is 5.97 Å². The Labute approximate surface area is 101 Å². The standard InChI is InChI=1S/C11H7FN2O2S/c12-7-3-1-2-4-9(7)17-10-6-13-8(5-14-10)11(15)16/h1-6H,(H,15,16). The molecule has 0 unspecified atom stereocenters. The molecule has 0 atom stereocenters. The summed E-state index contributed by atoms with van der Waals surface area (Å²) in [5.74, 6) is -1.48. The van der Waals surface area contributed by atoms with E-state index in [1.54, 1.807) is 18.2 Å². The van der Waals surface area contributed by atoms with Crippen LogP contribution in [0.4, 0.5) is 4.39 Å². The van der Waals surface area contributed by atoms with Crippen molar-refractivity contribution in [3.8, 4) is 0 Å². The van der Waals surface area contributed by atoms with Crippen molar-refractivity contribution in [3.05, 3.63) is 48.2 Å². The van der Waals surface area contributed by atoms with Crippen LogP contribution in [-0.2, 0) is 0 Å². The third-order valence-corrected chi connectivity index (χ3v) is 2.87. The molecule has 0 spiro atoms. The molecule has 0 fully saturated rings. The summed E-state index contributed by atoms with van der Waals surface area (Å²) in [6.45, 7) is 0. The molecule has 86 valence electrons. The van der Waals surface area contributed by atoms with Crippen molar-refractivity contribution in [2.75, 3.05) is 0 Å². The third-order valence-electron chi connectivity index (χ3n) is 1.90. The highest BCUT2D eigenvalue weighted by Gasteiger charge is 2.07. The maximum Gasteiger partial charge on any atom is 0.356 e. The van der Waals surface area contributed by atoms with Gasteiger partial charge in [0.25, 0.3) is 0 Å².